The minimum Gasteiger partial charge on any atom is -0.480 e. The maximum Gasteiger partial charge on any atom is 0.417 e. The molecule has 0 aliphatic carbocycles. The molecule has 5 aromatic rings. The van der Waals surface area contributed by atoms with Gasteiger partial charge in [-0.1, -0.05) is 11.6 Å². The number of aryl methyl sites for hydroxylation is 2. The van der Waals surface area contributed by atoms with E-state index in [1.54, 1.807) is 31.6 Å². The molecule has 0 saturated carbocycles. The second-order valence-electron chi connectivity index (χ2n) is 8.91. The van der Waals surface area contributed by atoms with Gasteiger partial charge >= 0.3 is 6.09 Å². The van der Waals surface area contributed by atoms with E-state index < -0.39 is 12.4 Å². The molecule has 0 saturated heterocycles. The van der Waals surface area contributed by atoms with Crippen molar-refractivity contribution in [1.29, 1.82) is 0 Å². The molecule has 0 N–H and O–H groups in total. The van der Waals surface area contributed by atoms with Crippen LogP contribution in [0.25, 0.3) is 31.8 Å². The highest BCUT2D eigenvalue weighted by molar-refractivity contribution is 7.22. The molecule has 0 fully saturated rings. The van der Waals surface area contributed by atoms with Crippen molar-refractivity contribution in [1.82, 2.24) is 19.9 Å². The van der Waals surface area contributed by atoms with Gasteiger partial charge in [0.15, 0.2) is 18.1 Å². The van der Waals surface area contributed by atoms with Crippen LogP contribution in [0.15, 0.2) is 42.7 Å². The van der Waals surface area contributed by atoms with Crippen LogP contribution >= 0.6 is 22.9 Å². The van der Waals surface area contributed by atoms with E-state index in [-0.39, 0.29) is 6.61 Å². The Balaban J connectivity index is 1.30. The first-order valence-corrected chi connectivity index (χ1v) is 13.1. The van der Waals surface area contributed by atoms with Crippen molar-refractivity contribution >= 4 is 56.0 Å². The number of pyridine rings is 1. The fourth-order valence-corrected chi connectivity index (χ4v) is 5.56. The zero-order valence-corrected chi connectivity index (χ0v) is 23.0. The topological polar surface area (TPSA) is 109 Å². The molecule has 0 bridgehead atoms. The Morgan fingerprint density at radius 3 is 2.74 bits per heavy atom. The van der Waals surface area contributed by atoms with E-state index in [1.807, 2.05) is 32.0 Å². The summed E-state index contributed by atoms with van der Waals surface area (Å²) < 4.78 is 23.7. The average molecular weight is 564 g/mol. The van der Waals surface area contributed by atoms with Crippen LogP contribution in [-0.2, 0) is 4.74 Å². The Bertz CT molecular complexity index is 1740. The lowest BCUT2D eigenvalue weighted by molar-refractivity contribution is -0.0718. The van der Waals surface area contributed by atoms with Crippen molar-refractivity contribution in [2.45, 2.75) is 20.1 Å². The van der Waals surface area contributed by atoms with Gasteiger partial charge in [0.25, 0.3) is 6.29 Å². The molecule has 198 valence electrons. The van der Waals surface area contributed by atoms with Crippen LogP contribution < -0.4 is 19.1 Å². The first kappa shape index (κ1) is 25.1. The summed E-state index contributed by atoms with van der Waals surface area (Å²) in [6, 6.07) is 9.00. The fraction of sp³-hybridized carbons (Fsp3) is 0.222. The van der Waals surface area contributed by atoms with Gasteiger partial charge in [-0.15, -0.1) is 11.3 Å². The molecular weight excluding hydrogens is 542 g/mol. The third-order valence-corrected chi connectivity index (χ3v) is 7.52. The molecule has 4 heterocycles. The van der Waals surface area contributed by atoms with Crippen molar-refractivity contribution in [2.75, 3.05) is 25.7 Å². The van der Waals surface area contributed by atoms with Crippen molar-refractivity contribution < 1.29 is 23.7 Å². The zero-order valence-electron chi connectivity index (χ0n) is 21.4. The monoisotopic (exact) mass is 563 g/mol. The molecule has 1 aliphatic rings. The number of thiazole rings is 1. The van der Waals surface area contributed by atoms with Gasteiger partial charge in [-0.05, 0) is 49.7 Å². The van der Waals surface area contributed by atoms with Crippen LogP contribution in [-0.4, -0.2) is 53.1 Å². The third kappa shape index (κ3) is 4.64. The molecular formula is C27H22ClN5O5S. The van der Waals surface area contributed by atoms with Crippen molar-refractivity contribution in [3.05, 3.63) is 59.0 Å². The molecule has 10 nitrogen and oxygen atoms in total. The SMILES string of the molecule is COc1cnc2c(-c3nc4c(C)cc5c(c4s3)OCC(OC(=O)N(C)c3ccc(C)nc3)O5)cc(Cl)cc2n1. The third-order valence-electron chi connectivity index (χ3n) is 6.22. The number of amides is 1. The lowest BCUT2D eigenvalue weighted by atomic mass is 10.1. The van der Waals surface area contributed by atoms with Gasteiger partial charge in [0.1, 0.15) is 9.71 Å². The largest absolute Gasteiger partial charge is 0.480 e. The lowest BCUT2D eigenvalue weighted by Crippen LogP contribution is -2.38. The summed E-state index contributed by atoms with van der Waals surface area (Å²) >= 11 is 7.85. The van der Waals surface area contributed by atoms with Crippen molar-refractivity contribution in [3.8, 4) is 28.0 Å². The first-order valence-electron chi connectivity index (χ1n) is 11.9. The summed E-state index contributed by atoms with van der Waals surface area (Å²) in [5.74, 6) is 1.41. The van der Waals surface area contributed by atoms with Gasteiger partial charge in [0.05, 0.1) is 41.7 Å². The molecule has 12 heteroatoms. The minimum atomic E-state index is -0.919. The van der Waals surface area contributed by atoms with E-state index >= 15 is 0 Å². The number of methoxy groups -OCH3 is 1. The molecule has 1 aliphatic heterocycles. The number of benzene rings is 2. The highest BCUT2D eigenvalue weighted by Gasteiger charge is 2.30. The maximum atomic E-state index is 12.7. The van der Waals surface area contributed by atoms with E-state index in [0.717, 1.165) is 27.0 Å². The predicted octanol–water partition coefficient (Wildman–Crippen LogP) is 5.95. The number of rotatable bonds is 4. The quantitative estimate of drug-likeness (QED) is 0.262. The molecule has 1 amide bonds. The van der Waals surface area contributed by atoms with Crippen LogP contribution in [0.4, 0.5) is 10.5 Å². The number of carbonyl (C=O) groups is 1. The number of ether oxygens (including phenoxy) is 4. The molecule has 1 atom stereocenters. The summed E-state index contributed by atoms with van der Waals surface area (Å²) in [5.41, 5.74) is 5.12. The zero-order chi connectivity index (χ0) is 27.3. The van der Waals surface area contributed by atoms with Crippen molar-refractivity contribution in [2.24, 2.45) is 0 Å². The molecule has 0 radical (unpaired) electrons. The number of halogens is 1. The minimum absolute atomic E-state index is 0.0233. The van der Waals surface area contributed by atoms with Gasteiger partial charge in [-0.2, -0.15) is 0 Å². The Kier molecular flexibility index (Phi) is 6.32. The summed E-state index contributed by atoms with van der Waals surface area (Å²) in [6.07, 6.45) is 1.67. The number of anilines is 1. The van der Waals surface area contributed by atoms with E-state index in [1.165, 1.54) is 23.3 Å². The number of fused-ring (bicyclic) bond motifs is 4. The van der Waals surface area contributed by atoms with Gasteiger partial charge in [0, 0.05) is 23.3 Å². The van der Waals surface area contributed by atoms with Gasteiger partial charge < -0.3 is 18.9 Å². The summed E-state index contributed by atoms with van der Waals surface area (Å²) in [4.78, 5) is 32.2. The normalized spacial score (nSPS) is 14.4. The van der Waals surface area contributed by atoms with E-state index in [2.05, 4.69) is 15.0 Å². The summed E-state index contributed by atoms with van der Waals surface area (Å²) in [5, 5.41) is 1.22. The standard InChI is InChI=1S/C27H22ClN5O5S/c1-13-7-19-24(36-12-21(37-19)38-27(34)33(3)16-6-5-14(2)29-10-16)25-22(13)32-26(39-25)17-8-15(28)9-18-23(17)30-11-20(31-18)35-4/h5-11,21H,12H2,1-4H3. The second kappa shape index (κ2) is 9.83. The fourth-order valence-electron chi connectivity index (χ4n) is 4.20. The van der Waals surface area contributed by atoms with E-state index in [4.69, 9.17) is 35.5 Å². The van der Waals surface area contributed by atoms with Gasteiger partial charge in [0.2, 0.25) is 5.88 Å². The smallest absolute Gasteiger partial charge is 0.417 e. The molecule has 3 aromatic heterocycles. The highest BCUT2D eigenvalue weighted by atomic mass is 35.5. The van der Waals surface area contributed by atoms with Gasteiger partial charge in [-0.25, -0.2) is 19.7 Å². The Labute approximate surface area is 232 Å². The molecule has 39 heavy (non-hydrogen) atoms. The number of carbonyl (C=O) groups excluding carboxylic acids is 1. The first-order chi connectivity index (χ1) is 18.8. The number of hydrogen-bond acceptors (Lipinski definition) is 10. The summed E-state index contributed by atoms with van der Waals surface area (Å²) in [6.45, 7) is 3.83. The van der Waals surface area contributed by atoms with Crippen LogP contribution in [0.1, 0.15) is 11.3 Å². The van der Waals surface area contributed by atoms with Crippen LogP contribution in [0.5, 0.6) is 17.4 Å². The van der Waals surface area contributed by atoms with Crippen LogP contribution in [0.2, 0.25) is 5.02 Å². The predicted molar refractivity (Wildman–Crippen MR) is 148 cm³/mol. The van der Waals surface area contributed by atoms with Crippen molar-refractivity contribution in [3.63, 3.8) is 0 Å². The van der Waals surface area contributed by atoms with Crippen LogP contribution in [0, 0.1) is 13.8 Å². The Hall–Kier alpha value is -4.22. The lowest BCUT2D eigenvalue weighted by Gasteiger charge is -2.28. The highest BCUT2D eigenvalue weighted by Crippen LogP contribution is 2.46. The van der Waals surface area contributed by atoms with E-state index in [0.29, 0.717) is 44.1 Å². The molecule has 1 unspecified atom stereocenters. The molecule has 2 aromatic carbocycles. The number of hydrogen-bond donors (Lipinski definition) is 0. The second-order valence-corrected chi connectivity index (χ2v) is 10.3. The Morgan fingerprint density at radius 2 is 1.97 bits per heavy atom. The van der Waals surface area contributed by atoms with Gasteiger partial charge in [-0.3, -0.25) is 9.88 Å². The maximum absolute atomic E-state index is 12.7. The average Bonchev–Trinajstić information content (AvgIpc) is 3.38. The van der Waals surface area contributed by atoms with Crippen LogP contribution in [0.3, 0.4) is 0 Å². The molecule has 0 spiro atoms. The number of aromatic nitrogens is 4. The van der Waals surface area contributed by atoms with E-state index in [9.17, 15) is 4.79 Å². The summed E-state index contributed by atoms with van der Waals surface area (Å²) in [7, 11) is 3.15. The Morgan fingerprint density at radius 1 is 1.13 bits per heavy atom. The number of nitrogens with zero attached hydrogens (tertiary/aromatic N) is 5. The molecule has 6 rings (SSSR count).